The van der Waals surface area contributed by atoms with E-state index in [-0.39, 0.29) is 11.9 Å². The molecule has 1 aliphatic heterocycles. The summed E-state index contributed by atoms with van der Waals surface area (Å²) in [6, 6.07) is 8.82. The molecule has 1 aromatic heterocycles. The first-order valence-electron chi connectivity index (χ1n) is 9.93. The van der Waals surface area contributed by atoms with Gasteiger partial charge in [0.25, 0.3) is 5.91 Å². The van der Waals surface area contributed by atoms with Gasteiger partial charge in [0, 0.05) is 35.8 Å². The number of anilines is 2. The van der Waals surface area contributed by atoms with Gasteiger partial charge in [0.2, 0.25) is 0 Å². The Balaban J connectivity index is 1.72. The lowest BCUT2D eigenvalue weighted by molar-refractivity contribution is 0.0952. The molecule has 0 saturated heterocycles. The Morgan fingerprint density at radius 1 is 1.24 bits per heavy atom. The summed E-state index contributed by atoms with van der Waals surface area (Å²) in [6.07, 6.45) is 0.932. The second kappa shape index (κ2) is 9.31. The van der Waals surface area contributed by atoms with Crippen molar-refractivity contribution in [3.05, 3.63) is 47.2 Å². The number of hydrogen-bond acceptors (Lipinski definition) is 4. The number of pyridine rings is 1. The molecular weight excluding hydrogens is 384 g/mol. The van der Waals surface area contributed by atoms with Crippen LogP contribution in [0.2, 0.25) is 0 Å². The largest absolute Gasteiger partial charge is 0.352 e. The van der Waals surface area contributed by atoms with E-state index in [4.69, 9.17) is 0 Å². The molecule has 0 fully saturated rings. The second-order valence-corrected chi connectivity index (χ2v) is 8.77. The summed E-state index contributed by atoms with van der Waals surface area (Å²) in [5.41, 5.74) is 3.99. The lowest BCUT2D eigenvalue weighted by Gasteiger charge is -2.30. The van der Waals surface area contributed by atoms with E-state index >= 15 is 0 Å². The predicted molar refractivity (Wildman–Crippen MR) is 119 cm³/mol. The maximum atomic E-state index is 13.0. The first-order valence-corrected chi connectivity index (χ1v) is 10.9. The lowest BCUT2D eigenvalue weighted by Crippen LogP contribution is -2.39. The Hall–Kier alpha value is -2.54. The van der Waals surface area contributed by atoms with Crippen LogP contribution in [0, 0.1) is 19.8 Å². The normalized spacial score (nSPS) is 13.2. The number of benzene rings is 1. The van der Waals surface area contributed by atoms with E-state index in [0.717, 1.165) is 34.1 Å². The van der Waals surface area contributed by atoms with Crippen LogP contribution in [0.1, 0.15) is 41.9 Å². The number of nitrogens with zero attached hydrogens (tertiary/aromatic N) is 2. The molecule has 6 nitrogen and oxygen atoms in total. The number of hydrogen-bond donors (Lipinski definition) is 2. The van der Waals surface area contributed by atoms with Gasteiger partial charge in [0.15, 0.2) is 0 Å². The number of nitrogens with one attached hydrogen (secondary N) is 2. The van der Waals surface area contributed by atoms with Crippen LogP contribution in [0.3, 0.4) is 0 Å². The molecule has 0 radical (unpaired) electrons. The number of thioether (sulfide) groups is 1. The third-order valence-corrected chi connectivity index (χ3v) is 5.68. The summed E-state index contributed by atoms with van der Waals surface area (Å²) in [5.74, 6) is 1.21. The lowest BCUT2D eigenvalue weighted by atomic mass is 10.1. The molecule has 0 spiro atoms. The zero-order valence-corrected chi connectivity index (χ0v) is 18.2. The first-order chi connectivity index (χ1) is 13.8. The van der Waals surface area contributed by atoms with Crippen LogP contribution in [-0.2, 0) is 0 Å². The van der Waals surface area contributed by atoms with Gasteiger partial charge in [-0.05, 0) is 56.0 Å². The van der Waals surface area contributed by atoms with Crippen LogP contribution >= 0.6 is 11.8 Å². The number of aromatic nitrogens is 1. The van der Waals surface area contributed by atoms with Crippen LogP contribution in [0.15, 0.2) is 35.4 Å². The van der Waals surface area contributed by atoms with Gasteiger partial charge >= 0.3 is 6.03 Å². The van der Waals surface area contributed by atoms with Crippen molar-refractivity contribution in [1.82, 2.24) is 10.3 Å². The van der Waals surface area contributed by atoms with Crippen molar-refractivity contribution in [2.45, 2.75) is 39.1 Å². The van der Waals surface area contributed by atoms with Crippen LogP contribution < -0.4 is 15.5 Å². The fourth-order valence-corrected chi connectivity index (χ4v) is 4.36. The Kier molecular flexibility index (Phi) is 6.79. The average Bonchev–Trinajstić information content (AvgIpc) is 2.67. The first kappa shape index (κ1) is 21.2. The van der Waals surface area contributed by atoms with Gasteiger partial charge in [-0.15, -0.1) is 11.8 Å². The molecule has 0 saturated carbocycles. The van der Waals surface area contributed by atoms with Gasteiger partial charge in [-0.2, -0.15) is 0 Å². The van der Waals surface area contributed by atoms with Gasteiger partial charge < -0.3 is 10.6 Å². The van der Waals surface area contributed by atoms with E-state index in [2.05, 4.69) is 29.5 Å². The molecule has 7 heteroatoms. The number of aryl methyl sites for hydroxylation is 2. The predicted octanol–water partition coefficient (Wildman–Crippen LogP) is 4.62. The quantitative estimate of drug-likeness (QED) is 0.752. The second-order valence-electron chi connectivity index (χ2n) is 7.68. The zero-order chi connectivity index (χ0) is 21.0. The van der Waals surface area contributed by atoms with Gasteiger partial charge in [-0.25, -0.2) is 9.78 Å². The smallest absolute Gasteiger partial charge is 0.326 e. The molecular formula is C22H28N4O2S. The highest BCUT2D eigenvalue weighted by Crippen LogP contribution is 2.36. The van der Waals surface area contributed by atoms with E-state index < -0.39 is 0 Å². The SMILES string of the molecule is Cc1cc(C)c2c(n1)SCCN2C(=O)Nc1cccc(C(=O)NCCC(C)C)c1. The highest BCUT2D eigenvalue weighted by atomic mass is 32.2. The fraction of sp³-hybridized carbons (Fsp3) is 0.409. The molecule has 2 aromatic rings. The van der Waals surface area contributed by atoms with Gasteiger partial charge in [0.1, 0.15) is 5.03 Å². The van der Waals surface area contributed by atoms with Crippen molar-refractivity contribution in [3.8, 4) is 0 Å². The van der Waals surface area contributed by atoms with Crippen molar-refractivity contribution in [2.24, 2.45) is 5.92 Å². The third kappa shape index (κ3) is 5.29. The minimum absolute atomic E-state index is 0.128. The van der Waals surface area contributed by atoms with E-state index in [1.807, 2.05) is 19.9 Å². The zero-order valence-electron chi connectivity index (χ0n) is 17.4. The monoisotopic (exact) mass is 412 g/mol. The van der Waals surface area contributed by atoms with Crippen molar-refractivity contribution in [2.75, 3.05) is 29.1 Å². The summed E-state index contributed by atoms with van der Waals surface area (Å²) in [5, 5.41) is 6.75. The number of carbonyl (C=O) groups is 2. The van der Waals surface area contributed by atoms with Crippen LogP contribution in [0.4, 0.5) is 16.2 Å². The number of rotatable bonds is 5. The van der Waals surface area contributed by atoms with Crippen molar-refractivity contribution in [3.63, 3.8) is 0 Å². The standard InChI is InChI=1S/C22H28N4O2S/c1-14(2)8-9-23-20(27)17-6-5-7-18(13-17)25-22(28)26-10-11-29-21-19(26)15(3)12-16(4)24-21/h5-7,12-14H,8-11H2,1-4H3,(H,23,27)(H,25,28). The van der Waals surface area contributed by atoms with E-state index in [1.54, 1.807) is 40.9 Å². The van der Waals surface area contributed by atoms with Crippen molar-refractivity contribution in [1.29, 1.82) is 0 Å². The van der Waals surface area contributed by atoms with Crippen LogP contribution in [-0.4, -0.2) is 35.8 Å². The Bertz CT molecular complexity index is 914. The summed E-state index contributed by atoms with van der Waals surface area (Å²) in [6.45, 7) is 9.47. The molecule has 2 heterocycles. The average molecular weight is 413 g/mol. The molecule has 1 aromatic carbocycles. The molecule has 0 aliphatic carbocycles. The fourth-order valence-electron chi connectivity index (χ4n) is 3.28. The van der Waals surface area contributed by atoms with E-state index in [0.29, 0.717) is 30.3 Å². The van der Waals surface area contributed by atoms with Gasteiger partial charge in [-0.3, -0.25) is 9.69 Å². The minimum atomic E-state index is -0.210. The maximum Gasteiger partial charge on any atom is 0.326 e. The maximum absolute atomic E-state index is 13.0. The Morgan fingerprint density at radius 2 is 2.03 bits per heavy atom. The molecule has 0 unspecified atom stereocenters. The van der Waals surface area contributed by atoms with Gasteiger partial charge in [-0.1, -0.05) is 19.9 Å². The number of fused-ring (bicyclic) bond motifs is 1. The molecule has 1 aliphatic rings. The van der Waals surface area contributed by atoms with Crippen LogP contribution in [0.25, 0.3) is 0 Å². The minimum Gasteiger partial charge on any atom is -0.352 e. The molecule has 29 heavy (non-hydrogen) atoms. The topological polar surface area (TPSA) is 74.3 Å². The van der Waals surface area contributed by atoms with Crippen molar-refractivity contribution < 1.29 is 9.59 Å². The number of carbonyl (C=O) groups excluding carboxylic acids is 2. The molecule has 154 valence electrons. The molecule has 2 N–H and O–H groups in total. The molecule has 0 atom stereocenters. The third-order valence-electron chi connectivity index (χ3n) is 4.73. The Morgan fingerprint density at radius 3 is 2.79 bits per heavy atom. The highest BCUT2D eigenvalue weighted by molar-refractivity contribution is 7.99. The van der Waals surface area contributed by atoms with E-state index in [9.17, 15) is 9.59 Å². The number of urea groups is 1. The summed E-state index contributed by atoms with van der Waals surface area (Å²) in [4.78, 5) is 31.7. The molecule has 3 rings (SSSR count). The summed E-state index contributed by atoms with van der Waals surface area (Å²) < 4.78 is 0. The summed E-state index contributed by atoms with van der Waals surface area (Å²) >= 11 is 1.67. The number of amides is 3. The van der Waals surface area contributed by atoms with E-state index in [1.165, 1.54) is 0 Å². The van der Waals surface area contributed by atoms with Crippen molar-refractivity contribution >= 4 is 35.1 Å². The van der Waals surface area contributed by atoms with Crippen LogP contribution in [0.5, 0.6) is 0 Å². The van der Waals surface area contributed by atoms with Gasteiger partial charge in [0.05, 0.1) is 5.69 Å². The molecule has 0 bridgehead atoms. The molecule has 3 amide bonds. The Labute approximate surface area is 176 Å². The highest BCUT2D eigenvalue weighted by Gasteiger charge is 2.26. The summed E-state index contributed by atoms with van der Waals surface area (Å²) in [7, 11) is 0.